The van der Waals surface area contributed by atoms with Gasteiger partial charge in [0.05, 0.1) is 9.82 Å². The lowest BCUT2D eigenvalue weighted by atomic mass is 10.2. The third-order valence-electron chi connectivity index (χ3n) is 4.95. The molecule has 3 rings (SSSR count). The molecule has 164 valence electrons. The fourth-order valence-electron chi connectivity index (χ4n) is 3.20. The van der Waals surface area contributed by atoms with Gasteiger partial charge in [-0.1, -0.05) is 12.8 Å². The van der Waals surface area contributed by atoms with Crippen molar-refractivity contribution in [2.45, 2.75) is 30.6 Å². The van der Waals surface area contributed by atoms with E-state index >= 15 is 0 Å². The van der Waals surface area contributed by atoms with Gasteiger partial charge in [0.15, 0.2) is 0 Å². The maximum absolute atomic E-state index is 12.8. The topological polar surface area (TPSA) is 139 Å². The number of hydrogen-bond donors (Lipinski definition) is 2. The summed E-state index contributed by atoms with van der Waals surface area (Å²) in [4.78, 5) is 34.5. The van der Waals surface area contributed by atoms with Crippen LogP contribution in [0.5, 0.6) is 0 Å². The number of carbonyl (C=O) groups is 2. The van der Waals surface area contributed by atoms with Crippen LogP contribution in [0, 0.1) is 10.1 Å². The van der Waals surface area contributed by atoms with Crippen molar-refractivity contribution in [3.8, 4) is 0 Å². The number of carbonyl (C=O) groups excluding carboxylic acids is 2. The molecular weight excluding hydrogens is 424 g/mol. The third kappa shape index (κ3) is 5.44. The first kappa shape index (κ1) is 22.4. The third-order valence-corrected chi connectivity index (χ3v) is 6.86. The van der Waals surface area contributed by atoms with Gasteiger partial charge in [-0.15, -0.1) is 0 Å². The number of nitrogens with one attached hydrogen (secondary N) is 2. The van der Waals surface area contributed by atoms with Crippen molar-refractivity contribution in [3.05, 3.63) is 69.8 Å². The molecule has 0 atom stereocenters. The smallest absolute Gasteiger partial charge is 0.267 e. The van der Waals surface area contributed by atoms with E-state index in [-0.39, 0.29) is 21.7 Å². The van der Waals surface area contributed by atoms with Crippen LogP contribution in [0.15, 0.2) is 53.4 Å². The second-order valence-corrected chi connectivity index (χ2v) is 8.99. The monoisotopic (exact) mass is 446 g/mol. The normalized spacial score (nSPS) is 15.0. The molecule has 0 spiro atoms. The van der Waals surface area contributed by atoms with E-state index in [0.29, 0.717) is 13.1 Å². The Morgan fingerprint density at radius 3 is 1.71 bits per heavy atom. The van der Waals surface area contributed by atoms with E-state index < -0.39 is 26.8 Å². The summed E-state index contributed by atoms with van der Waals surface area (Å²) >= 11 is 0. The van der Waals surface area contributed by atoms with E-state index in [4.69, 9.17) is 0 Å². The Kier molecular flexibility index (Phi) is 6.98. The molecule has 10 nitrogen and oxygen atoms in total. The quantitative estimate of drug-likeness (QED) is 0.533. The predicted molar refractivity (Wildman–Crippen MR) is 112 cm³/mol. The van der Waals surface area contributed by atoms with E-state index in [1.807, 2.05) is 0 Å². The lowest BCUT2D eigenvalue weighted by molar-refractivity contribution is -0.384. The lowest BCUT2D eigenvalue weighted by Gasteiger charge is -2.20. The molecule has 0 bridgehead atoms. The minimum absolute atomic E-state index is 0.112. The SMILES string of the molecule is O=C(NNC(=O)c1ccc(S(=O)(=O)N2CCCCCC2)cc1)c1ccc([N+](=O)[O-])cc1. The molecule has 0 aliphatic carbocycles. The number of amides is 2. The highest BCUT2D eigenvalue weighted by Gasteiger charge is 2.25. The number of nitro benzene ring substituents is 1. The summed E-state index contributed by atoms with van der Waals surface area (Å²) in [5.41, 5.74) is 4.59. The molecule has 1 fully saturated rings. The number of rotatable bonds is 5. The Balaban J connectivity index is 1.61. The number of nitro groups is 1. The van der Waals surface area contributed by atoms with Crippen LogP contribution < -0.4 is 10.9 Å². The van der Waals surface area contributed by atoms with E-state index in [1.165, 1.54) is 52.8 Å². The minimum Gasteiger partial charge on any atom is -0.267 e. The number of hydrogen-bond acceptors (Lipinski definition) is 6. The molecule has 1 aliphatic heterocycles. The highest BCUT2D eigenvalue weighted by atomic mass is 32.2. The van der Waals surface area contributed by atoms with Gasteiger partial charge in [0.25, 0.3) is 17.5 Å². The number of non-ortho nitro benzene ring substituents is 1. The van der Waals surface area contributed by atoms with E-state index in [0.717, 1.165) is 25.7 Å². The highest BCUT2D eigenvalue weighted by Crippen LogP contribution is 2.20. The van der Waals surface area contributed by atoms with Gasteiger partial charge >= 0.3 is 0 Å². The average molecular weight is 446 g/mol. The van der Waals surface area contributed by atoms with Crippen LogP contribution in [-0.2, 0) is 10.0 Å². The molecule has 2 amide bonds. The zero-order valence-corrected chi connectivity index (χ0v) is 17.4. The number of nitrogens with zero attached hydrogens (tertiary/aromatic N) is 2. The van der Waals surface area contributed by atoms with Crippen LogP contribution in [-0.4, -0.2) is 42.6 Å². The predicted octanol–water partition coefficient (Wildman–Crippen LogP) is 2.23. The fourth-order valence-corrected chi connectivity index (χ4v) is 4.72. The zero-order valence-electron chi connectivity index (χ0n) is 16.6. The molecule has 1 heterocycles. The first-order chi connectivity index (χ1) is 14.8. The Morgan fingerprint density at radius 1 is 0.806 bits per heavy atom. The summed E-state index contributed by atoms with van der Waals surface area (Å²) in [5.74, 6) is -1.28. The van der Waals surface area contributed by atoms with Gasteiger partial charge in [0.1, 0.15) is 0 Å². The second-order valence-electron chi connectivity index (χ2n) is 7.05. The fraction of sp³-hybridized carbons (Fsp3) is 0.300. The van der Waals surface area contributed by atoms with Gasteiger partial charge in [-0.3, -0.25) is 30.6 Å². The first-order valence-electron chi connectivity index (χ1n) is 9.74. The van der Waals surface area contributed by atoms with Crippen LogP contribution in [0.25, 0.3) is 0 Å². The van der Waals surface area contributed by atoms with Crippen molar-refractivity contribution >= 4 is 27.5 Å². The summed E-state index contributed by atoms with van der Waals surface area (Å²) < 4.78 is 27.0. The average Bonchev–Trinajstić information content (AvgIpc) is 3.07. The summed E-state index contributed by atoms with van der Waals surface area (Å²) in [6, 6.07) is 10.4. The molecule has 11 heteroatoms. The summed E-state index contributed by atoms with van der Waals surface area (Å²) in [6.45, 7) is 0.971. The number of benzene rings is 2. The van der Waals surface area contributed by atoms with Crippen LogP contribution in [0.3, 0.4) is 0 Å². The first-order valence-corrected chi connectivity index (χ1v) is 11.2. The molecule has 2 aromatic carbocycles. The summed E-state index contributed by atoms with van der Waals surface area (Å²) in [6.07, 6.45) is 3.68. The Hall–Kier alpha value is -3.31. The van der Waals surface area contributed by atoms with Gasteiger partial charge in [-0.2, -0.15) is 4.31 Å². The van der Waals surface area contributed by atoms with E-state index in [2.05, 4.69) is 10.9 Å². The molecule has 1 aliphatic rings. The van der Waals surface area contributed by atoms with Gasteiger partial charge in [0, 0.05) is 36.3 Å². The minimum atomic E-state index is -3.62. The number of hydrazine groups is 1. The molecule has 2 aromatic rings. The van der Waals surface area contributed by atoms with Gasteiger partial charge in [0.2, 0.25) is 10.0 Å². The molecule has 0 saturated carbocycles. The van der Waals surface area contributed by atoms with Crippen LogP contribution in [0.1, 0.15) is 46.4 Å². The van der Waals surface area contributed by atoms with Gasteiger partial charge in [-0.25, -0.2) is 8.42 Å². The van der Waals surface area contributed by atoms with Crippen LogP contribution in [0.2, 0.25) is 0 Å². The zero-order chi connectivity index (χ0) is 22.4. The summed E-state index contributed by atoms with van der Waals surface area (Å²) in [7, 11) is -3.62. The summed E-state index contributed by atoms with van der Waals surface area (Å²) in [5, 5.41) is 10.7. The Labute approximate surface area is 179 Å². The molecule has 0 radical (unpaired) electrons. The second kappa shape index (κ2) is 9.67. The number of sulfonamides is 1. The van der Waals surface area contributed by atoms with E-state index in [1.54, 1.807) is 0 Å². The Bertz CT molecular complexity index is 1060. The van der Waals surface area contributed by atoms with Gasteiger partial charge < -0.3 is 0 Å². The van der Waals surface area contributed by atoms with Crippen molar-refractivity contribution in [2.24, 2.45) is 0 Å². The van der Waals surface area contributed by atoms with Crippen molar-refractivity contribution in [1.82, 2.24) is 15.2 Å². The van der Waals surface area contributed by atoms with Crippen molar-refractivity contribution in [1.29, 1.82) is 0 Å². The van der Waals surface area contributed by atoms with Crippen molar-refractivity contribution < 1.29 is 22.9 Å². The highest BCUT2D eigenvalue weighted by molar-refractivity contribution is 7.89. The Morgan fingerprint density at radius 2 is 1.26 bits per heavy atom. The molecule has 1 saturated heterocycles. The molecule has 2 N–H and O–H groups in total. The molecular formula is C20H22N4O6S. The lowest BCUT2D eigenvalue weighted by Crippen LogP contribution is -2.41. The van der Waals surface area contributed by atoms with Crippen molar-refractivity contribution in [2.75, 3.05) is 13.1 Å². The molecule has 0 aromatic heterocycles. The standard InChI is InChI=1S/C20H22N4O6S/c25-19(15-5-9-17(10-6-15)24(27)28)21-22-20(26)16-7-11-18(12-8-16)31(29,30)23-13-3-1-2-4-14-23/h5-12H,1-4,13-14H2,(H,21,25)(H,22,26). The van der Waals surface area contributed by atoms with E-state index in [9.17, 15) is 28.1 Å². The van der Waals surface area contributed by atoms with Crippen molar-refractivity contribution in [3.63, 3.8) is 0 Å². The van der Waals surface area contributed by atoms with Crippen LogP contribution >= 0.6 is 0 Å². The largest absolute Gasteiger partial charge is 0.269 e. The van der Waals surface area contributed by atoms with Crippen LogP contribution in [0.4, 0.5) is 5.69 Å². The molecule has 31 heavy (non-hydrogen) atoms. The maximum atomic E-state index is 12.8. The molecule has 0 unspecified atom stereocenters. The maximum Gasteiger partial charge on any atom is 0.269 e. The van der Waals surface area contributed by atoms with Gasteiger partial charge in [-0.05, 0) is 49.2 Å².